The molecule has 0 aromatic carbocycles. The molecule has 0 aromatic rings. The predicted octanol–water partition coefficient (Wildman–Crippen LogP) is 14.7. The van der Waals surface area contributed by atoms with Crippen molar-refractivity contribution in [3.05, 3.63) is 109 Å². The zero-order chi connectivity index (χ0) is 49.9. The molecule has 0 aromatic heterocycles. The molecule has 68 heavy (non-hydrogen) atoms. The second kappa shape index (κ2) is 49.6. The van der Waals surface area contributed by atoms with Crippen LogP contribution in [0.2, 0.25) is 0 Å². The first-order valence-corrected chi connectivity index (χ1v) is 27.3. The Morgan fingerprint density at radius 2 is 0.794 bits per heavy atom. The first-order chi connectivity index (χ1) is 33.2. The number of phosphoric ester groups is 1. The van der Waals surface area contributed by atoms with Crippen LogP contribution in [0.4, 0.5) is 0 Å². The van der Waals surface area contributed by atoms with Gasteiger partial charge in [-0.1, -0.05) is 175 Å². The molecule has 0 saturated heterocycles. The summed E-state index contributed by atoms with van der Waals surface area (Å²) in [4.78, 5) is 48.3. The van der Waals surface area contributed by atoms with Gasteiger partial charge in [-0.05, 0) is 103 Å². The van der Waals surface area contributed by atoms with Crippen molar-refractivity contribution in [2.75, 3.05) is 26.4 Å². The Morgan fingerprint density at radius 3 is 1.26 bits per heavy atom. The summed E-state index contributed by atoms with van der Waals surface area (Å²) in [6.45, 7) is 4.19. The molecule has 0 heterocycles. The van der Waals surface area contributed by atoms with Crippen LogP contribution in [0, 0.1) is 0 Å². The van der Waals surface area contributed by atoms with Crippen LogP contribution < -0.4 is 0 Å². The van der Waals surface area contributed by atoms with E-state index in [0.717, 1.165) is 128 Å². The Labute approximate surface area is 412 Å². The van der Waals surface area contributed by atoms with Crippen LogP contribution >= 0.6 is 7.82 Å². The normalized spacial score (nSPS) is 14.4. The molecule has 0 rings (SSSR count). The Kier molecular flexibility index (Phi) is 46.7. The molecule has 0 aliphatic heterocycles. The monoisotopic (exact) mass is 971 g/mol. The standard InChI is InChI=1S/C56H91O11P/c1-4-7-10-13-16-19-22-25-26-29-30-33-36-39-42-45-54(58)63-49-53(67-56(60)47-44-41-38-35-32-28-24-21-18-15-12-9-6-3)51-65-68(61,62)64-50-52(48-57)66-55(59)46-43-40-37-34-31-27-23-20-17-14-11-8-5-2/h7,9-12,14,16,18-21,23,25-26,28,32,38,41,52-53,57H,4-6,8,13,15,17,22,24,27,29-31,33-37,39-40,42-51H2,1-3H3,(H,61,62)/b10-7-,12-9-,14-11-,19-16-,21-18-,23-20-,26-25-,32-28-,41-38-. The van der Waals surface area contributed by atoms with Gasteiger partial charge in [-0.25, -0.2) is 4.57 Å². The summed E-state index contributed by atoms with van der Waals surface area (Å²) in [5.74, 6) is -1.61. The number of carbonyl (C=O) groups is 3. The van der Waals surface area contributed by atoms with Gasteiger partial charge in [-0.2, -0.15) is 0 Å². The fourth-order valence-corrected chi connectivity index (χ4v) is 7.09. The van der Waals surface area contributed by atoms with Gasteiger partial charge in [0, 0.05) is 19.3 Å². The highest BCUT2D eigenvalue weighted by Crippen LogP contribution is 2.43. The largest absolute Gasteiger partial charge is 0.472 e. The molecular weight excluding hydrogens is 880 g/mol. The number of unbranched alkanes of at least 4 members (excludes halogenated alkanes) is 11. The summed E-state index contributed by atoms with van der Waals surface area (Å²) in [5.41, 5.74) is 0. The highest BCUT2D eigenvalue weighted by molar-refractivity contribution is 7.47. The molecule has 0 amide bonds. The average molecular weight is 971 g/mol. The number of phosphoric acid groups is 1. The predicted molar refractivity (Wildman–Crippen MR) is 279 cm³/mol. The van der Waals surface area contributed by atoms with Gasteiger partial charge in [-0.15, -0.1) is 0 Å². The van der Waals surface area contributed by atoms with E-state index in [0.29, 0.717) is 19.3 Å². The van der Waals surface area contributed by atoms with E-state index in [4.69, 9.17) is 23.3 Å². The van der Waals surface area contributed by atoms with Gasteiger partial charge in [0.1, 0.15) is 12.7 Å². The van der Waals surface area contributed by atoms with E-state index in [1.54, 1.807) is 0 Å². The molecular formula is C56H91O11P. The third-order valence-corrected chi connectivity index (χ3v) is 11.1. The summed E-state index contributed by atoms with van der Waals surface area (Å²) in [6, 6.07) is 0. The Bertz CT molecular complexity index is 1550. The average Bonchev–Trinajstić information content (AvgIpc) is 3.32. The molecule has 386 valence electrons. The third kappa shape index (κ3) is 47.2. The summed E-state index contributed by atoms with van der Waals surface area (Å²) in [6.07, 6.45) is 57.9. The third-order valence-electron chi connectivity index (χ3n) is 10.2. The lowest BCUT2D eigenvalue weighted by Gasteiger charge is -2.21. The van der Waals surface area contributed by atoms with E-state index in [2.05, 4.69) is 118 Å². The number of ether oxygens (including phenoxy) is 3. The highest BCUT2D eigenvalue weighted by Gasteiger charge is 2.28. The van der Waals surface area contributed by atoms with Crippen LogP contribution in [0.15, 0.2) is 109 Å². The van der Waals surface area contributed by atoms with Crippen molar-refractivity contribution in [3.8, 4) is 0 Å². The number of hydrogen-bond acceptors (Lipinski definition) is 10. The molecule has 0 aliphatic carbocycles. The van der Waals surface area contributed by atoms with E-state index in [1.165, 1.54) is 0 Å². The van der Waals surface area contributed by atoms with Crippen LogP contribution in [0.1, 0.15) is 188 Å². The molecule has 11 nitrogen and oxygen atoms in total. The molecule has 2 N–H and O–H groups in total. The fourth-order valence-electron chi connectivity index (χ4n) is 6.30. The molecule has 3 unspecified atom stereocenters. The van der Waals surface area contributed by atoms with Gasteiger partial charge in [0.2, 0.25) is 0 Å². The summed E-state index contributed by atoms with van der Waals surface area (Å²) in [7, 11) is -4.77. The van der Waals surface area contributed by atoms with Gasteiger partial charge in [0.25, 0.3) is 0 Å². The lowest BCUT2D eigenvalue weighted by atomic mass is 10.1. The number of allylic oxidation sites excluding steroid dienone is 18. The van der Waals surface area contributed by atoms with Crippen molar-refractivity contribution in [2.24, 2.45) is 0 Å². The van der Waals surface area contributed by atoms with Crippen LogP contribution in [0.25, 0.3) is 0 Å². The van der Waals surface area contributed by atoms with Crippen LogP contribution in [-0.4, -0.2) is 66.5 Å². The molecule has 0 aliphatic rings. The molecule has 12 heteroatoms. The van der Waals surface area contributed by atoms with Gasteiger partial charge < -0.3 is 24.2 Å². The Hall–Kier alpha value is -3.86. The molecule has 0 spiro atoms. The number of carbonyl (C=O) groups excluding carboxylic acids is 3. The lowest BCUT2D eigenvalue weighted by Crippen LogP contribution is -2.30. The maximum atomic E-state index is 12.8. The SMILES string of the molecule is CC/C=C\C/C=C\C/C=C\C/C=C\CCC(=O)OC(COC(=O)CCCCCCC/C=C\C/C=C\C/C=C\CC)COP(=O)(O)OCC(CO)OC(=O)CCCCCCC/C=C\C/C=C\CCC. The summed E-state index contributed by atoms with van der Waals surface area (Å²) < 4.78 is 39.2. The van der Waals surface area contributed by atoms with Crippen LogP contribution in [-0.2, 0) is 42.2 Å². The van der Waals surface area contributed by atoms with E-state index in [9.17, 15) is 28.9 Å². The van der Waals surface area contributed by atoms with E-state index in [-0.39, 0.29) is 25.9 Å². The Balaban J connectivity index is 4.87. The number of rotatable bonds is 46. The van der Waals surface area contributed by atoms with Gasteiger partial charge >= 0.3 is 25.7 Å². The zero-order valence-electron chi connectivity index (χ0n) is 42.3. The van der Waals surface area contributed by atoms with Crippen LogP contribution in [0.5, 0.6) is 0 Å². The van der Waals surface area contributed by atoms with Gasteiger partial charge in [-0.3, -0.25) is 23.4 Å². The molecule has 0 saturated carbocycles. The summed E-state index contributed by atoms with van der Waals surface area (Å²) in [5, 5.41) is 9.77. The van der Waals surface area contributed by atoms with E-state index < -0.39 is 57.8 Å². The minimum Gasteiger partial charge on any atom is -0.462 e. The number of esters is 3. The van der Waals surface area contributed by atoms with Crippen molar-refractivity contribution in [1.29, 1.82) is 0 Å². The highest BCUT2D eigenvalue weighted by atomic mass is 31.2. The second-order valence-electron chi connectivity index (χ2n) is 16.6. The van der Waals surface area contributed by atoms with Gasteiger partial charge in [0.15, 0.2) is 6.10 Å². The van der Waals surface area contributed by atoms with Crippen molar-refractivity contribution < 1.29 is 52.2 Å². The van der Waals surface area contributed by atoms with Crippen molar-refractivity contribution in [3.63, 3.8) is 0 Å². The van der Waals surface area contributed by atoms with Crippen molar-refractivity contribution in [2.45, 2.75) is 200 Å². The number of hydrogen-bond donors (Lipinski definition) is 2. The maximum absolute atomic E-state index is 12.8. The van der Waals surface area contributed by atoms with Crippen LogP contribution in [0.3, 0.4) is 0 Å². The van der Waals surface area contributed by atoms with Crippen molar-refractivity contribution >= 4 is 25.7 Å². The number of aliphatic hydroxyl groups excluding tert-OH is 1. The molecule has 3 atom stereocenters. The second-order valence-corrected chi connectivity index (χ2v) is 18.0. The first-order valence-electron chi connectivity index (χ1n) is 25.8. The Morgan fingerprint density at radius 1 is 0.426 bits per heavy atom. The minimum atomic E-state index is -4.77. The van der Waals surface area contributed by atoms with E-state index >= 15 is 0 Å². The maximum Gasteiger partial charge on any atom is 0.472 e. The quantitative estimate of drug-likeness (QED) is 0.0197. The summed E-state index contributed by atoms with van der Waals surface area (Å²) >= 11 is 0. The first kappa shape index (κ1) is 64.1. The molecule has 0 bridgehead atoms. The van der Waals surface area contributed by atoms with E-state index in [1.807, 2.05) is 12.2 Å². The van der Waals surface area contributed by atoms with Gasteiger partial charge in [0.05, 0.1) is 19.8 Å². The smallest absolute Gasteiger partial charge is 0.462 e. The zero-order valence-corrected chi connectivity index (χ0v) is 43.2. The topological polar surface area (TPSA) is 155 Å². The minimum absolute atomic E-state index is 0.0361. The van der Waals surface area contributed by atoms with Crippen molar-refractivity contribution in [1.82, 2.24) is 0 Å². The molecule has 0 radical (unpaired) electrons. The molecule has 0 fully saturated rings. The lowest BCUT2D eigenvalue weighted by molar-refractivity contribution is -0.161. The number of aliphatic hydroxyl groups is 1. The fraction of sp³-hybridized carbons (Fsp3) is 0.625.